The van der Waals surface area contributed by atoms with Crippen molar-refractivity contribution in [2.75, 3.05) is 11.6 Å². The first-order valence-electron chi connectivity index (χ1n) is 9.21. The van der Waals surface area contributed by atoms with Crippen LogP contribution in [0.3, 0.4) is 0 Å². The lowest BCUT2D eigenvalue weighted by atomic mass is 9.95. The number of fused-ring (bicyclic) bond motifs is 1. The Balaban J connectivity index is 1.82. The highest BCUT2D eigenvalue weighted by Crippen LogP contribution is 2.39. The van der Waals surface area contributed by atoms with E-state index in [-0.39, 0.29) is 16.6 Å². The summed E-state index contributed by atoms with van der Waals surface area (Å²) in [5.74, 6) is -0.348. The van der Waals surface area contributed by atoms with Gasteiger partial charge in [0, 0.05) is 29.4 Å². The summed E-state index contributed by atoms with van der Waals surface area (Å²) in [6, 6.07) is 19.0. The molecule has 1 aliphatic carbocycles. The van der Waals surface area contributed by atoms with Gasteiger partial charge in [-0.2, -0.15) is 0 Å². The van der Waals surface area contributed by atoms with Crippen LogP contribution in [0.2, 0.25) is 0 Å². The fourth-order valence-electron chi connectivity index (χ4n) is 3.74. The van der Waals surface area contributed by atoms with Crippen LogP contribution >= 0.6 is 0 Å². The molecule has 4 rings (SSSR count). The number of amides is 1. The van der Waals surface area contributed by atoms with E-state index >= 15 is 0 Å². The lowest BCUT2D eigenvalue weighted by Crippen LogP contribution is -2.14. The third-order valence-electron chi connectivity index (χ3n) is 5.05. The number of Topliss-reactive ketones (excluding diaryl/α,β-unsaturated/α-hetero) is 1. The Morgan fingerprint density at radius 3 is 2.28 bits per heavy atom. The lowest BCUT2D eigenvalue weighted by Gasteiger charge is -2.15. The molecule has 0 fully saturated rings. The van der Waals surface area contributed by atoms with E-state index in [0.29, 0.717) is 40.8 Å². The van der Waals surface area contributed by atoms with E-state index in [1.165, 1.54) is 6.26 Å². The summed E-state index contributed by atoms with van der Waals surface area (Å²) in [5, 5.41) is 2.83. The molecule has 0 saturated heterocycles. The van der Waals surface area contributed by atoms with Crippen LogP contribution in [0, 0.1) is 0 Å². The van der Waals surface area contributed by atoms with Crippen molar-refractivity contribution < 1.29 is 18.0 Å². The first-order valence-corrected chi connectivity index (χ1v) is 11.1. The van der Waals surface area contributed by atoms with E-state index < -0.39 is 9.84 Å². The summed E-state index contributed by atoms with van der Waals surface area (Å²) in [5.41, 5.74) is 3.48. The minimum Gasteiger partial charge on any atom is -0.321 e. The predicted octanol–water partition coefficient (Wildman–Crippen LogP) is 4.14. The SMILES string of the molecule is CS(=O)(=O)c1ccccc1-c1ccc(NC(=O)c2ccccc2)c2c1CCC2=O. The van der Waals surface area contributed by atoms with Gasteiger partial charge in [0.1, 0.15) is 0 Å². The monoisotopic (exact) mass is 405 g/mol. The summed E-state index contributed by atoms with van der Waals surface area (Å²) in [4.78, 5) is 25.4. The summed E-state index contributed by atoms with van der Waals surface area (Å²) >= 11 is 0. The molecule has 0 atom stereocenters. The Morgan fingerprint density at radius 2 is 1.55 bits per heavy atom. The molecule has 3 aromatic carbocycles. The fraction of sp³-hybridized carbons (Fsp3) is 0.130. The number of hydrogen-bond acceptors (Lipinski definition) is 4. The maximum absolute atomic E-state index is 12.6. The third-order valence-corrected chi connectivity index (χ3v) is 6.21. The number of hydrogen-bond donors (Lipinski definition) is 1. The van der Waals surface area contributed by atoms with Crippen molar-refractivity contribution in [3.63, 3.8) is 0 Å². The van der Waals surface area contributed by atoms with Crippen molar-refractivity contribution in [2.24, 2.45) is 0 Å². The van der Waals surface area contributed by atoms with Crippen LogP contribution in [0.4, 0.5) is 5.69 Å². The number of benzene rings is 3. The van der Waals surface area contributed by atoms with Crippen molar-refractivity contribution in [3.05, 3.63) is 83.4 Å². The van der Waals surface area contributed by atoms with Crippen LogP contribution in [0.15, 0.2) is 71.6 Å². The highest BCUT2D eigenvalue weighted by atomic mass is 32.2. The van der Waals surface area contributed by atoms with E-state index in [0.717, 1.165) is 5.56 Å². The largest absolute Gasteiger partial charge is 0.321 e. The highest BCUT2D eigenvalue weighted by Gasteiger charge is 2.28. The quantitative estimate of drug-likeness (QED) is 0.707. The number of ketones is 1. The molecule has 1 aliphatic rings. The average molecular weight is 405 g/mol. The second kappa shape index (κ2) is 7.29. The Morgan fingerprint density at radius 1 is 0.862 bits per heavy atom. The van der Waals surface area contributed by atoms with E-state index in [4.69, 9.17) is 0 Å². The average Bonchev–Trinajstić information content (AvgIpc) is 3.10. The molecular formula is C23H19NO4S. The van der Waals surface area contributed by atoms with Crippen LogP contribution in [0.25, 0.3) is 11.1 Å². The van der Waals surface area contributed by atoms with Gasteiger partial charge in [-0.15, -0.1) is 0 Å². The molecule has 0 saturated carbocycles. The maximum atomic E-state index is 12.6. The molecule has 1 amide bonds. The zero-order valence-corrected chi connectivity index (χ0v) is 16.6. The van der Waals surface area contributed by atoms with E-state index in [1.807, 2.05) is 6.07 Å². The van der Waals surface area contributed by atoms with Gasteiger partial charge in [-0.1, -0.05) is 42.5 Å². The Hall–Kier alpha value is -3.25. The molecule has 0 aromatic heterocycles. The van der Waals surface area contributed by atoms with Crippen LogP contribution in [-0.4, -0.2) is 26.4 Å². The van der Waals surface area contributed by atoms with Gasteiger partial charge in [0.05, 0.1) is 10.6 Å². The minimum absolute atomic E-state index is 0.0537. The maximum Gasteiger partial charge on any atom is 0.255 e. The molecule has 0 unspecified atom stereocenters. The zero-order chi connectivity index (χ0) is 20.6. The normalized spacial score (nSPS) is 13.2. The van der Waals surface area contributed by atoms with Gasteiger partial charge in [0.2, 0.25) is 0 Å². The molecular weight excluding hydrogens is 386 g/mol. The molecule has 29 heavy (non-hydrogen) atoms. The number of nitrogens with one attached hydrogen (secondary N) is 1. The first-order chi connectivity index (χ1) is 13.9. The second-order valence-corrected chi connectivity index (χ2v) is 9.01. The van der Waals surface area contributed by atoms with E-state index in [2.05, 4.69) is 5.32 Å². The van der Waals surface area contributed by atoms with Crippen molar-refractivity contribution >= 4 is 27.2 Å². The van der Waals surface area contributed by atoms with Crippen LogP contribution in [0.5, 0.6) is 0 Å². The second-order valence-electron chi connectivity index (χ2n) is 7.03. The topological polar surface area (TPSA) is 80.3 Å². The standard InChI is InChI=1S/C23H19NO4S/c1-29(27,28)21-10-6-5-9-17(21)16-11-13-19(22-18(16)12-14-20(22)25)24-23(26)15-7-3-2-4-8-15/h2-11,13H,12,14H2,1H3,(H,24,26). The van der Waals surface area contributed by atoms with Gasteiger partial charge in [0.25, 0.3) is 5.91 Å². The Labute approximate surface area is 169 Å². The van der Waals surface area contributed by atoms with Crippen molar-refractivity contribution in [1.29, 1.82) is 0 Å². The molecule has 6 heteroatoms. The van der Waals surface area contributed by atoms with Gasteiger partial charge in [-0.05, 0) is 41.8 Å². The lowest BCUT2D eigenvalue weighted by molar-refractivity contribution is 0.0995. The number of carbonyl (C=O) groups excluding carboxylic acids is 2. The molecule has 5 nitrogen and oxygen atoms in total. The molecule has 0 heterocycles. The van der Waals surface area contributed by atoms with Gasteiger partial charge in [-0.3, -0.25) is 9.59 Å². The molecule has 0 aliphatic heterocycles. The summed E-state index contributed by atoms with van der Waals surface area (Å²) < 4.78 is 24.5. The van der Waals surface area contributed by atoms with Crippen molar-refractivity contribution in [2.45, 2.75) is 17.7 Å². The predicted molar refractivity (Wildman–Crippen MR) is 112 cm³/mol. The van der Waals surface area contributed by atoms with Gasteiger partial charge in [-0.25, -0.2) is 8.42 Å². The molecule has 1 N–H and O–H groups in total. The smallest absolute Gasteiger partial charge is 0.255 e. The number of carbonyl (C=O) groups is 2. The fourth-order valence-corrected chi connectivity index (χ4v) is 4.65. The summed E-state index contributed by atoms with van der Waals surface area (Å²) in [6.07, 6.45) is 2.02. The molecule has 0 radical (unpaired) electrons. The van der Waals surface area contributed by atoms with Crippen LogP contribution in [0.1, 0.15) is 32.7 Å². The minimum atomic E-state index is -3.43. The first kappa shape index (κ1) is 19.1. The van der Waals surface area contributed by atoms with E-state index in [1.54, 1.807) is 60.7 Å². The van der Waals surface area contributed by atoms with Gasteiger partial charge >= 0.3 is 0 Å². The number of anilines is 1. The highest BCUT2D eigenvalue weighted by molar-refractivity contribution is 7.90. The third kappa shape index (κ3) is 3.59. The Bertz CT molecular complexity index is 1230. The van der Waals surface area contributed by atoms with Crippen LogP contribution < -0.4 is 5.32 Å². The van der Waals surface area contributed by atoms with Crippen molar-refractivity contribution in [1.82, 2.24) is 0 Å². The van der Waals surface area contributed by atoms with Crippen LogP contribution in [-0.2, 0) is 16.3 Å². The van der Waals surface area contributed by atoms with Gasteiger partial charge in [0.15, 0.2) is 15.6 Å². The summed E-state index contributed by atoms with van der Waals surface area (Å²) in [6.45, 7) is 0. The Kier molecular flexibility index (Phi) is 4.80. The molecule has 0 spiro atoms. The molecule has 146 valence electrons. The number of sulfone groups is 1. The molecule has 0 bridgehead atoms. The van der Waals surface area contributed by atoms with Crippen molar-refractivity contribution in [3.8, 4) is 11.1 Å². The summed E-state index contributed by atoms with van der Waals surface area (Å²) in [7, 11) is -3.43. The zero-order valence-electron chi connectivity index (χ0n) is 15.8. The molecule has 3 aromatic rings. The van der Waals surface area contributed by atoms with E-state index in [9.17, 15) is 18.0 Å². The number of rotatable bonds is 4. The van der Waals surface area contributed by atoms with Gasteiger partial charge < -0.3 is 5.32 Å².